The number of hydrogen-bond donors (Lipinski definition) is 1. The monoisotopic (exact) mass is 514 g/mol. The normalized spacial score (nSPS) is 24.2. The molecule has 1 fully saturated rings. The molecule has 1 heterocycles. The van der Waals surface area contributed by atoms with Crippen LogP contribution < -0.4 is 10.4 Å². The maximum absolute atomic E-state index is 12.6. The highest BCUT2D eigenvalue weighted by molar-refractivity contribution is 6.99. The number of hydrogen-bond acceptors (Lipinski definition) is 8. The van der Waals surface area contributed by atoms with Crippen LogP contribution in [0.2, 0.25) is 5.04 Å². The molecule has 1 saturated heterocycles. The van der Waals surface area contributed by atoms with Gasteiger partial charge in [-0.3, -0.25) is 14.4 Å². The van der Waals surface area contributed by atoms with Crippen molar-refractivity contribution >= 4 is 36.4 Å². The van der Waals surface area contributed by atoms with Gasteiger partial charge in [-0.25, -0.2) is 0 Å². The van der Waals surface area contributed by atoms with Gasteiger partial charge in [-0.05, 0) is 22.3 Å². The van der Waals surface area contributed by atoms with E-state index >= 15 is 0 Å². The van der Waals surface area contributed by atoms with Crippen molar-refractivity contribution in [2.24, 2.45) is 0 Å². The first-order chi connectivity index (χ1) is 16.8. The predicted octanol–water partition coefficient (Wildman–Crippen LogP) is 2.10. The minimum absolute atomic E-state index is 0.126. The Bertz CT molecular complexity index is 1040. The first kappa shape index (κ1) is 27.7. The van der Waals surface area contributed by atoms with Crippen LogP contribution in [0.5, 0.6) is 0 Å². The van der Waals surface area contributed by atoms with E-state index in [-0.39, 0.29) is 11.6 Å². The second-order valence-corrected chi connectivity index (χ2v) is 14.3. The summed E-state index contributed by atoms with van der Waals surface area (Å²) in [6, 6.07) is 19.8. The van der Waals surface area contributed by atoms with Gasteiger partial charge in [0, 0.05) is 13.8 Å². The highest BCUT2D eigenvalue weighted by Crippen LogP contribution is 2.40. The fourth-order valence-electron chi connectivity index (χ4n) is 4.83. The molecular weight excluding hydrogens is 480 g/mol. The van der Waals surface area contributed by atoms with Gasteiger partial charge in [0.15, 0.2) is 11.9 Å². The van der Waals surface area contributed by atoms with Crippen molar-refractivity contribution in [3.63, 3.8) is 0 Å². The third-order valence-electron chi connectivity index (χ3n) is 6.44. The third-order valence-corrected chi connectivity index (χ3v) is 11.4. The summed E-state index contributed by atoms with van der Waals surface area (Å²) in [5, 5.41) is 13.0. The summed E-state index contributed by atoms with van der Waals surface area (Å²) in [5.74, 6) is -2.23. The summed E-state index contributed by atoms with van der Waals surface area (Å²) < 4.78 is 23.2. The van der Waals surface area contributed by atoms with Crippen LogP contribution in [0.3, 0.4) is 0 Å². The molecule has 1 N–H and O–H groups in total. The number of ether oxygens (including phenoxy) is 3. The molecule has 0 bridgehead atoms. The van der Waals surface area contributed by atoms with Gasteiger partial charge in [0.2, 0.25) is 11.9 Å². The van der Waals surface area contributed by atoms with E-state index < -0.39 is 50.1 Å². The lowest BCUT2D eigenvalue weighted by molar-refractivity contribution is -0.209. The van der Waals surface area contributed by atoms with E-state index in [1.807, 2.05) is 60.7 Å². The van der Waals surface area contributed by atoms with Gasteiger partial charge in [0.1, 0.15) is 6.10 Å². The van der Waals surface area contributed by atoms with Crippen LogP contribution in [0.15, 0.2) is 60.7 Å². The molecule has 1 unspecified atom stereocenters. The number of carbonyl (C=O) groups is 3. The van der Waals surface area contributed by atoms with Gasteiger partial charge in [-0.1, -0.05) is 81.4 Å². The molecule has 0 aromatic heterocycles. The van der Waals surface area contributed by atoms with Crippen LogP contribution in [0.1, 0.15) is 41.5 Å². The molecule has 2 aromatic rings. The number of benzene rings is 2. The average molecular weight is 515 g/mol. The van der Waals surface area contributed by atoms with Gasteiger partial charge in [0.05, 0.1) is 6.61 Å². The van der Waals surface area contributed by atoms with Crippen LogP contribution in [-0.2, 0) is 33.0 Å². The minimum Gasteiger partial charge on any atom is -0.456 e. The largest absolute Gasteiger partial charge is 0.456 e. The third kappa shape index (κ3) is 5.15. The summed E-state index contributed by atoms with van der Waals surface area (Å²) >= 11 is 0. The Balaban J connectivity index is 2.09. The Morgan fingerprint density at radius 1 is 0.889 bits per heavy atom. The first-order valence-corrected chi connectivity index (χ1v) is 13.7. The van der Waals surface area contributed by atoms with Crippen molar-refractivity contribution in [2.75, 3.05) is 6.61 Å². The number of aliphatic hydroxyl groups is 1. The second-order valence-electron chi connectivity index (χ2n) is 10.0. The second kappa shape index (κ2) is 10.6. The highest BCUT2D eigenvalue weighted by atomic mass is 28.4. The van der Waals surface area contributed by atoms with E-state index in [4.69, 9.17) is 18.6 Å². The Morgan fingerprint density at radius 2 is 1.36 bits per heavy atom. The van der Waals surface area contributed by atoms with Gasteiger partial charge < -0.3 is 23.7 Å². The lowest BCUT2D eigenvalue weighted by Gasteiger charge is -2.43. The van der Waals surface area contributed by atoms with Crippen molar-refractivity contribution in [1.82, 2.24) is 0 Å². The molecule has 36 heavy (non-hydrogen) atoms. The van der Waals surface area contributed by atoms with Crippen molar-refractivity contribution in [3.8, 4) is 0 Å². The molecule has 0 radical (unpaired) electrons. The Hall–Kier alpha value is -2.85. The van der Waals surface area contributed by atoms with E-state index in [0.717, 1.165) is 24.2 Å². The quantitative estimate of drug-likeness (QED) is 0.422. The molecule has 2 aromatic carbocycles. The number of carbonyl (C=O) groups excluding carboxylic acids is 3. The summed E-state index contributed by atoms with van der Waals surface area (Å²) in [4.78, 5) is 36.2. The zero-order chi connectivity index (χ0) is 26.7. The minimum atomic E-state index is -3.01. The highest BCUT2D eigenvalue weighted by Gasteiger charge is 2.64. The molecule has 4 atom stereocenters. The molecule has 0 saturated carbocycles. The molecule has 194 valence electrons. The van der Waals surface area contributed by atoms with Crippen LogP contribution >= 0.6 is 0 Å². The van der Waals surface area contributed by atoms with Gasteiger partial charge in [-0.15, -0.1) is 0 Å². The summed E-state index contributed by atoms with van der Waals surface area (Å²) in [6.45, 7) is 9.61. The summed E-state index contributed by atoms with van der Waals surface area (Å²) in [7, 11) is -3.01. The number of ketones is 1. The number of esters is 2. The molecule has 9 heteroatoms. The van der Waals surface area contributed by atoms with E-state index in [0.29, 0.717) is 0 Å². The summed E-state index contributed by atoms with van der Waals surface area (Å²) in [5.41, 5.74) is -2.38. The number of Topliss-reactive ketones (excluding diaryl/α,β-unsaturated/α-hetero) is 1. The smallest absolute Gasteiger partial charge is 0.305 e. The molecule has 3 rings (SSSR count). The lowest BCUT2D eigenvalue weighted by Crippen LogP contribution is -2.67. The summed E-state index contributed by atoms with van der Waals surface area (Å²) in [6.07, 6.45) is -4.16. The first-order valence-electron chi connectivity index (χ1n) is 11.8. The maximum Gasteiger partial charge on any atom is 0.305 e. The molecule has 8 nitrogen and oxygen atoms in total. The van der Waals surface area contributed by atoms with Gasteiger partial charge in [-0.2, -0.15) is 0 Å². The predicted molar refractivity (Wildman–Crippen MR) is 135 cm³/mol. The van der Waals surface area contributed by atoms with E-state index in [9.17, 15) is 19.5 Å². The average Bonchev–Trinajstić information content (AvgIpc) is 3.06. The Kier molecular flexibility index (Phi) is 8.19. The zero-order valence-electron chi connectivity index (χ0n) is 21.5. The molecule has 0 aliphatic carbocycles. The van der Waals surface area contributed by atoms with E-state index in [1.165, 1.54) is 6.92 Å². The standard InChI is InChI=1S/C27H34O8Si/c1-18(28)27(31)24(33-19(2)29)23(35-25(27)34-20(3)30)17-32-36(26(4,5)6,21-13-9-7-10-14-21)22-15-11-8-12-16-22/h7-16,23-25,31H,17H2,1-6H3/t23-,24-,25?,27-/m1/s1. The maximum atomic E-state index is 12.6. The molecule has 0 spiro atoms. The topological polar surface area (TPSA) is 108 Å². The van der Waals surface area contributed by atoms with Gasteiger partial charge >= 0.3 is 11.9 Å². The molecule has 1 aliphatic rings. The molecule has 1 aliphatic heterocycles. The van der Waals surface area contributed by atoms with E-state index in [2.05, 4.69) is 20.8 Å². The zero-order valence-corrected chi connectivity index (χ0v) is 22.5. The van der Waals surface area contributed by atoms with Crippen LogP contribution in [0, 0.1) is 0 Å². The van der Waals surface area contributed by atoms with Crippen LogP contribution in [0.4, 0.5) is 0 Å². The lowest BCUT2D eigenvalue weighted by atomic mass is 9.91. The van der Waals surface area contributed by atoms with Crippen molar-refractivity contribution < 1.29 is 38.1 Å². The van der Waals surface area contributed by atoms with E-state index in [1.54, 1.807) is 0 Å². The van der Waals surface area contributed by atoms with Crippen LogP contribution in [0.25, 0.3) is 0 Å². The van der Waals surface area contributed by atoms with Crippen molar-refractivity contribution in [1.29, 1.82) is 0 Å². The molecular formula is C27H34O8Si. The number of rotatable bonds is 8. The van der Waals surface area contributed by atoms with Gasteiger partial charge in [0.25, 0.3) is 8.32 Å². The van der Waals surface area contributed by atoms with Crippen molar-refractivity contribution in [2.45, 2.75) is 70.7 Å². The fourth-order valence-corrected chi connectivity index (χ4v) is 9.40. The van der Waals surface area contributed by atoms with Crippen LogP contribution in [-0.4, -0.2) is 61.9 Å². The fraction of sp³-hybridized carbons (Fsp3) is 0.444. The SMILES string of the molecule is CC(=O)OC1O[C@H](CO[Si](c2ccccc2)(c2ccccc2)C(C)(C)C)[C@@H](OC(C)=O)[C@]1(O)C(C)=O. The van der Waals surface area contributed by atoms with Crippen molar-refractivity contribution in [3.05, 3.63) is 60.7 Å². The Labute approximate surface area is 212 Å². The molecule has 0 amide bonds. The Morgan fingerprint density at radius 3 is 1.75 bits per heavy atom.